The SMILES string of the molecule is CCNC(=O)CNC(=O)c1c(-n2cccc2)sc2c1CCSC2. The quantitative estimate of drug-likeness (QED) is 0.870. The van der Waals surface area contributed by atoms with Gasteiger partial charge in [-0.15, -0.1) is 11.3 Å². The van der Waals surface area contributed by atoms with Gasteiger partial charge in [0.25, 0.3) is 5.91 Å². The molecule has 0 unspecified atom stereocenters. The van der Waals surface area contributed by atoms with Gasteiger partial charge in [-0.3, -0.25) is 9.59 Å². The van der Waals surface area contributed by atoms with Crippen LogP contribution in [0.25, 0.3) is 5.00 Å². The highest BCUT2D eigenvalue weighted by Gasteiger charge is 2.26. The first kappa shape index (κ1) is 16.1. The Morgan fingerprint density at radius 2 is 2.04 bits per heavy atom. The van der Waals surface area contributed by atoms with E-state index in [4.69, 9.17) is 0 Å². The molecule has 3 rings (SSSR count). The van der Waals surface area contributed by atoms with Gasteiger partial charge in [0.05, 0.1) is 12.1 Å². The van der Waals surface area contributed by atoms with E-state index in [1.807, 2.05) is 47.8 Å². The molecule has 2 amide bonds. The van der Waals surface area contributed by atoms with Crippen LogP contribution in [0.4, 0.5) is 0 Å². The van der Waals surface area contributed by atoms with Crippen molar-refractivity contribution >= 4 is 34.9 Å². The van der Waals surface area contributed by atoms with E-state index in [1.54, 1.807) is 11.3 Å². The van der Waals surface area contributed by atoms with Crippen LogP contribution >= 0.6 is 23.1 Å². The Morgan fingerprint density at radius 3 is 2.78 bits per heavy atom. The molecule has 0 aliphatic carbocycles. The number of amides is 2. The van der Waals surface area contributed by atoms with Crippen molar-refractivity contribution in [2.75, 3.05) is 18.8 Å². The van der Waals surface area contributed by atoms with E-state index in [1.165, 1.54) is 4.88 Å². The van der Waals surface area contributed by atoms with Gasteiger partial charge >= 0.3 is 0 Å². The maximum atomic E-state index is 12.7. The molecular formula is C16H19N3O2S2. The second-order valence-corrected chi connectivity index (χ2v) is 7.40. The standard InChI is InChI=1S/C16H19N3O2S2/c1-2-17-13(20)9-18-15(21)14-11-5-8-22-10-12(11)23-16(14)19-6-3-4-7-19/h3-4,6-7H,2,5,8-10H2,1H3,(H,17,20)(H,18,21). The molecule has 5 nitrogen and oxygen atoms in total. The summed E-state index contributed by atoms with van der Waals surface area (Å²) in [5.41, 5.74) is 1.87. The van der Waals surface area contributed by atoms with E-state index >= 15 is 0 Å². The van der Waals surface area contributed by atoms with Crippen LogP contribution in [0.2, 0.25) is 0 Å². The molecule has 2 N–H and O–H groups in total. The minimum absolute atomic E-state index is 0.0111. The molecule has 23 heavy (non-hydrogen) atoms. The summed E-state index contributed by atoms with van der Waals surface area (Å²) in [6, 6.07) is 3.90. The fourth-order valence-electron chi connectivity index (χ4n) is 2.61. The first-order valence-electron chi connectivity index (χ1n) is 7.61. The Hall–Kier alpha value is -1.73. The smallest absolute Gasteiger partial charge is 0.255 e. The van der Waals surface area contributed by atoms with Crippen LogP contribution in [-0.4, -0.2) is 35.2 Å². The van der Waals surface area contributed by atoms with Crippen molar-refractivity contribution in [2.45, 2.75) is 19.1 Å². The van der Waals surface area contributed by atoms with Gasteiger partial charge in [0, 0.05) is 29.6 Å². The summed E-state index contributed by atoms with van der Waals surface area (Å²) in [5, 5.41) is 6.39. The summed E-state index contributed by atoms with van der Waals surface area (Å²) in [6.45, 7) is 2.43. The van der Waals surface area contributed by atoms with Crippen molar-refractivity contribution < 1.29 is 9.59 Å². The second kappa shape index (κ2) is 7.23. The van der Waals surface area contributed by atoms with E-state index in [2.05, 4.69) is 10.6 Å². The summed E-state index contributed by atoms with van der Waals surface area (Å²) >= 11 is 3.57. The average molecular weight is 349 g/mol. The Balaban J connectivity index is 1.89. The van der Waals surface area contributed by atoms with Crippen molar-refractivity contribution in [1.29, 1.82) is 0 Å². The van der Waals surface area contributed by atoms with Gasteiger partial charge in [0.15, 0.2) is 0 Å². The maximum Gasteiger partial charge on any atom is 0.255 e. The lowest BCUT2D eigenvalue weighted by Gasteiger charge is -2.13. The van der Waals surface area contributed by atoms with Crippen LogP contribution in [0.5, 0.6) is 0 Å². The van der Waals surface area contributed by atoms with Crippen molar-refractivity contribution in [3.05, 3.63) is 40.5 Å². The largest absolute Gasteiger partial charge is 0.355 e. The summed E-state index contributed by atoms with van der Waals surface area (Å²) in [5.74, 6) is 1.66. The monoisotopic (exact) mass is 349 g/mol. The lowest BCUT2D eigenvalue weighted by molar-refractivity contribution is -0.120. The lowest BCUT2D eigenvalue weighted by atomic mass is 10.1. The van der Waals surface area contributed by atoms with Gasteiger partial charge in [0.1, 0.15) is 5.00 Å². The third-order valence-corrected chi connectivity index (χ3v) is 6.06. The van der Waals surface area contributed by atoms with Crippen LogP contribution in [0.3, 0.4) is 0 Å². The van der Waals surface area contributed by atoms with Gasteiger partial charge in [0.2, 0.25) is 5.91 Å². The number of hydrogen-bond donors (Lipinski definition) is 2. The zero-order chi connectivity index (χ0) is 16.2. The van der Waals surface area contributed by atoms with Gasteiger partial charge in [-0.1, -0.05) is 0 Å². The number of nitrogens with zero attached hydrogens (tertiary/aromatic N) is 1. The summed E-state index contributed by atoms with van der Waals surface area (Å²) in [4.78, 5) is 25.6. The van der Waals surface area contributed by atoms with Gasteiger partial charge < -0.3 is 15.2 Å². The molecule has 0 radical (unpaired) electrons. The predicted molar refractivity (Wildman–Crippen MR) is 94.5 cm³/mol. The van der Waals surface area contributed by atoms with E-state index in [0.717, 1.165) is 34.1 Å². The van der Waals surface area contributed by atoms with E-state index in [-0.39, 0.29) is 18.4 Å². The van der Waals surface area contributed by atoms with Gasteiger partial charge in [-0.2, -0.15) is 11.8 Å². The van der Waals surface area contributed by atoms with E-state index in [0.29, 0.717) is 6.54 Å². The van der Waals surface area contributed by atoms with Crippen molar-refractivity contribution in [1.82, 2.24) is 15.2 Å². The molecule has 1 aliphatic rings. The number of aromatic nitrogens is 1. The number of carbonyl (C=O) groups excluding carboxylic acids is 2. The Labute approximate surface area is 143 Å². The summed E-state index contributed by atoms with van der Waals surface area (Å²) < 4.78 is 1.98. The molecule has 0 bridgehead atoms. The highest BCUT2D eigenvalue weighted by Crippen LogP contribution is 2.38. The van der Waals surface area contributed by atoms with Crippen LogP contribution in [-0.2, 0) is 17.0 Å². The number of carbonyl (C=O) groups is 2. The highest BCUT2D eigenvalue weighted by molar-refractivity contribution is 7.98. The molecule has 2 aromatic heterocycles. The molecule has 122 valence electrons. The number of nitrogens with one attached hydrogen (secondary N) is 2. The number of likely N-dealkylation sites (N-methyl/N-ethyl adjacent to an activating group) is 1. The first-order chi connectivity index (χ1) is 11.2. The molecule has 1 aliphatic heterocycles. The fraction of sp³-hybridized carbons (Fsp3) is 0.375. The van der Waals surface area contributed by atoms with Crippen molar-refractivity contribution in [3.8, 4) is 5.00 Å². The molecule has 0 spiro atoms. The van der Waals surface area contributed by atoms with Crippen molar-refractivity contribution in [2.24, 2.45) is 0 Å². The van der Waals surface area contributed by atoms with Crippen LogP contribution in [0.15, 0.2) is 24.5 Å². The van der Waals surface area contributed by atoms with E-state index < -0.39 is 0 Å². The number of hydrogen-bond acceptors (Lipinski definition) is 4. The number of thiophene rings is 1. The minimum Gasteiger partial charge on any atom is -0.355 e. The third kappa shape index (κ3) is 3.45. The topological polar surface area (TPSA) is 63.1 Å². The molecule has 2 aromatic rings. The average Bonchev–Trinajstić information content (AvgIpc) is 3.19. The normalized spacial score (nSPS) is 13.4. The van der Waals surface area contributed by atoms with Crippen molar-refractivity contribution in [3.63, 3.8) is 0 Å². The van der Waals surface area contributed by atoms with Crippen LogP contribution < -0.4 is 10.6 Å². The van der Waals surface area contributed by atoms with Crippen LogP contribution in [0, 0.1) is 0 Å². The molecular weight excluding hydrogens is 330 g/mol. The molecule has 0 fully saturated rings. The fourth-order valence-corrected chi connectivity index (χ4v) is 5.06. The number of thioether (sulfide) groups is 1. The molecule has 7 heteroatoms. The molecule has 0 atom stereocenters. The minimum atomic E-state index is -0.164. The Bertz CT molecular complexity index is 707. The number of rotatable bonds is 5. The number of fused-ring (bicyclic) bond motifs is 1. The Kier molecular flexibility index (Phi) is 5.07. The van der Waals surface area contributed by atoms with Gasteiger partial charge in [-0.05, 0) is 36.8 Å². The first-order valence-corrected chi connectivity index (χ1v) is 9.58. The summed E-state index contributed by atoms with van der Waals surface area (Å²) in [7, 11) is 0. The Morgan fingerprint density at radius 1 is 1.26 bits per heavy atom. The molecule has 0 aromatic carbocycles. The van der Waals surface area contributed by atoms with Gasteiger partial charge in [-0.25, -0.2) is 0 Å². The zero-order valence-corrected chi connectivity index (χ0v) is 14.6. The van der Waals surface area contributed by atoms with E-state index in [9.17, 15) is 9.59 Å². The third-order valence-electron chi connectivity index (χ3n) is 3.65. The predicted octanol–water partition coefficient (Wildman–Crippen LogP) is 2.19. The van der Waals surface area contributed by atoms with Crippen LogP contribution in [0.1, 0.15) is 27.7 Å². The lowest BCUT2D eigenvalue weighted by Crippen LogP contribution is -2.37. The summed E-state index contributed by atoms with van der Waals surface area (Å²) in [6.07, 6.45) is 4.80. The zero-order valence-electron chi connectivity index (χ0n) is 12.9. The molecule has 0 saturated carbocycles. The highest BCUT2D eigenvalue weighted by atomic mass is 32.2. The molecule has 3 heterocycles. The second-order valence-electron chi connectivity index (χ2n) is 5.21. The molecule has 0 saturated heterocycles. The maximum absolute atomic E-state index is 12.7.